The fraction of sp³-hybridized carbons (Fsp3) is 0.143. The van der Waals surface area contributed by atoms with E-state index in [4.69, 9.17) is 0 Å². The standard InChI is InChI=1S/C21H18FN5O2/c1-13(14-5-3-2-4-6-14)23-20(28)12-19-24-25-21(29)18-11-17(26-27(18)19)15-7-9-16(22)10-8-15/h2-11,13H,12H2,1H3,(H,23,28)(H,25,29)/t13-/m1/s1. The molecular formula is C21H18FN5O2. The van der Waals surface area contributed by atoms with Gasteiger partial charge in [0.2, 0.25) is 5.91 Å². The summed E-state index contributed by atoms with van der Waals surface area (Å²) >= 11 is 0. The average Bonchev–Trinajstić information content (AvgIpc) is 3.18. The van der Waals surface area contributed by atoms with E-state index in [9.17, 15) is 14.0 Å². The lowest BCUT2D eigenvalue weighted by Crippen LogP contribution is -2.30. The maximum absolute atomic E-state index is 13.2. The molecule has 0 aliphatic heterocycles. The van der Waals surface area contributed by atoms with Gasteiger partial charge in [-0.25, -0.2) is 14.0 Å². The Morgan fingerprint density at radius 1 is 1.17 bits per heavy atom. The Balaban J connectivity index is 1.60. The zero-order valence-electron chi connectivity index (χ0n) is 15.6. The molecule has 8 heteroatoms. The lowest BCUT2D eigenvalue weighted by atomic mass is 10.1. The average molecular weight is 391 g/mol. The van der Waals surface area contributed by atoms with E-state index in [0.29, 0.717) is 17.1 Å². The van der Waals surface area contributed by atoms with Crippen molar-refractivity contribution in [1.82, 2.24) is 25.1 Å². The van der Waals surface area contributed by atoms with Crippen molar-refractivity contribution in [3.63, 3.8) is 0 Å². The molecule has 2 N–H and O–H groups in total. The summed E-state index contributed by atoms with van der Waals surface area (Å²) in [5, 5.41) is 13.7. The van der Waals surface area contributed by atoms with Gasteiger partial charge < -0.3 is 5.32 Å². The minimum absolute atomic E-state index is 0.0605. The highest BCUT2D eigenvalue weighted by molar-refractivity contribution is 5.78. The first-order chi connectivity index (χ1) is 14.0. The van der Waals surface area contributed by atoms with Gasteiger partial charge in [0.25, 0.3) is 5.56 Å². The molecule has 7 nitrogen and oxygen atoms in total. The predicted octanol–water partition coefficient (Wildman–Crippen LogP) is 2.64. The molecule has 0 aliphatic carbocycles. The van der Waals surface area contributed by atoms with Crippen molar-refractivity contribution in [3.8, 4) is 11.3 Å². The van der Waals surface area contributed by atoms with Gasteiger partial charge in [0.1, 0.15) is 11.3 Å². The Hall–Kier alpha value is -3.81. The lowest BCUT2D eigenvalue weighted by Gasteiger charge is -2.14. The Morgan fingerprint density at radius 2 is 1.90 bits per heavy atom. The number of nitrogens with zero attached hydrogens (tertiary/aromatic N) is 3. The van der Waals surface area contributed by atoms with Crippen molar-refractivity contribution in [2.45, 2.75) is 19.4 Å². The number of hydrogen-bond donors (Lipinski definition) is 2. The van der Waals surface area contributed by atoms with E-state index < -0.39 is 5.56 Å². The summed E-state index contributed by atoms with van der Waals surface area (Å²) in [5.74, 6) is -0.311. The molecule has 0 bridgehead atoms. The second-order valence-electron chi connectivity index (χ2n) is 6.68. The number of rotatable bonds is 5. The maximum atomic E-state index is 13.2. The molecule has 146 valence electrons. The van der Waals surface area contributed by atoms with E-state index in [0.717, 1.165) is 5.56 Å². The minimum Gasteiger partial charge on any atom is -0.349 e. The van der Waals surface area contributed by atoms with Gasteiger partial charge >= 0.3 is 0 Å². The maximum Gasteiger partial charge on any atom is 0.290 e. The van der Waals surface area contributed by atoms with Crippen LogP contribution < -0.4 is 10.9 Å². The summed E-state index contributed by atoms with van der Waals surface area (Å²) in [5.41, 5.74) is 1.97. The van der Waals surface area contributed by atoms with Crippen LogP contribution in [-0.2, 0) is 11.2 Å². The van der Waals surface area contributed by atoms with Gasteiger partial charge in [0, 0.05) is 5.56 Å². The third-order valence-electron chi connectivity index (χ3n) is 4.61. The van der Waals surface area contributed by atoms with Gasteiger partial charge in [-0.2, -0.15) is 10.2 Å². The van der Waals surface area contributed by atoms with Crippen LogP contribution in [0.25, 0.3) is 16.8 Å². The smallest absolute Gasteiger partial charge is 0.290 e. The van der Waals surface area contributed by atoms with E-state index in [1.54, 1.807) is 18.2 Å². The minimum atomic E-state index is -0.423. The molecule has 4 rings (SSSR count). The molecule has 0 saturated heterocycles. The summed E-state index contributed by atoms with van der Waals surface area (Å²) in [7, 11) is 0. The molecule has 2 aromatic heterocycles. The van der Waals surface area contributed by atoms with Gasteiger partial charge in [0.05, 0.1) is 18.2 Å². The molecule has 2 heterocycles. The van der Waals surface area contributed by atoms with Crippen molar-refractivity contribution in [2.24, 2.45) is 0 Å². The van der Waals surface area contributed by atoms with Crippen LogP contribution in [0.1, 0.15) is 24.4 Å². The molecule has 29 heavy (non-hydrogen) atoms. The summed E-state index contributed by atoms with van der Waals surface area (Å²) < 4.78 is 14.5. The number of halogens is 1. The number of aromatic amines is 1. The summed E-state index contributed by atoms with van der Waals surface area (Å²) in [6.07, 6.45) is -0.0605. The SMILES string of the molecule is C[C@@H](NC(=O)Cc1n[nH]c(=O)c2cc(-c3ccc(F)cc3)nn12)c1ccccc1. The van der Waals surface area contributed by atoms with Gasteiger partial charge in [-0.1, -0.05) is 30.3 Å². The fourth-order valence-corrected chi connectivity index (χ4v) is 3.10. The van der Waals surface area contributed by atoms with E-state index in [-0.39, 0.29) is 29.7 Å². The Morgan fingerprint density at radius 3 is 2.62 bits per heavy atom. The van der Waals surface area contributed by atoms with Crippen LogP contribution in [0.5, 0.6) is 0 Å². The molecule has 0 aliphatic rings. The van der Waals surface area contributed by atoms with Crippen LogP contribution in [0.4, 0.5) is 4.39 Å². The number of nitrogens with one attached hydrogen (secondary N) is 2. The van der Waals surface area contributed by atoms with Crippen LogP contribution in [0, 0.1) is 5.82 Å². The van der Waals surface area contributed by atoms with Gasteiger partial charge in [-0.05, 0) is 42.8 Å². The quantitative estimate of drug-likeness (QED) is 0.547. The predicted molar refractivity (Wildman–Crippen MR) is 106 cm³/mol. The molecule has 0 fully saturated rings. The number of amides is 1. The first-order valence-corrected chi connectivity index (χ1v) is 9.09. The first kappa shape index (κ1) is 18.5. The van der Waals surface area contributed by atoms with Gasteiger partial charge in [0.15, 0.2) is 5.82 Å². The van der Waals surface area contributed by atoms with Crippen LogP contribution in [-0.4, -0.2) is 25.7 Å². The highest BCUT2D eigenvalue weighted by Gasteiger charge is 2.16. The highest BCUT2D eigenvalue weighted by Crippen LogP contribution is 2.19. The molecule has 4 aromatic rings. The van der Waals surface area contributed by atoms with Crippen LogP contribution in [0.2, 0.25) is 0 Å². The van der Waals surface area contributed by atoms with Gasteiger partial charge in [-0.15, -0.1) is 0 Å². The fourth-order valence-electron chi connectivity index (χ4n) is 3.10. The number of benzene rings is 2. The van der Waals surface area contributed by atoms with Crippen molar-refractivity contribution in [2.75, 3.05) is 0 Å². The van der Waals surface area contributed by atoms with E-state index in [1.807, 2.05) is 37.3 Å². The van der Waals surface area contributed by atoms with E-state index in [1.165, 1.54) is 16.6 Å². The van der Waals surface area contributed by atoms with Crippen molar-refractivity contribution in [1.29, 1.82) is 0 Å². The van der Waals surface area contributed by atoms with E-state index in [2.05, 4.69) is 20.6 Å². The zero-order valence-corrected chi connectivity index (χ0v) is 15.6. The summed E-state index contributed by atoms with van der Waals surface area (Å²) in [4.78, 5) is 24.7. The Kier molecular flexibility index (Phi) is 4.90. The molecular weight excluding hydrogens is 373 g/mol. The molecule has 0 unspecified atom stereocenters. The second-order valence-corrected chi connectivity index (χ2v) is 6.68. The normalized spacial score (nSPS) is 12.1. The van der Waals surface area contributed by atoms with Crippen LogP contribution in [0.15, 0.2) is 65.5 Å². The summed E-state index contributed by atoms with van der Waals surface area (Å²) in [6.45, 7) is 1.89. The highest BCUT2D eigenvalue weighted by atomic mass is 19.1. The number of carbonyl (C=O) groups excluding carboxylic acids is 1. The van der Waals surface area contributed by atoms with Gasteiger partial charge in [-0.3, -0.25) is 9.59 Å². The number of carbonyl (C=O) groups is 1. The third-order valence-corrected chi connectivity index (χ3v) is 4.61. The molecule has 0 spiro atoms. The topological polar surface area (TPSA) is 92.1 Å². The monoisotopic (exact) mass is 391 g/mol. The molecule has 1 amide bonds. The Bertz CT molecular complexity index is 1220. The van der Waals surface area contributed by atoms with Crippen molar-refractivity contribution >= 4 is 11.4 Å². The van der Waals surface area contributed by atoms with Crippen LogP contribution in [0.3, 0.4) is 0 Å². The van der Waals surface area contributed by atoms with Crippen molar-refractivity contribution in [3.05, 3.63) is 88.2 Å². The Labute approximate surface area is 165 Å². The second kappa shape index (κ2) is 7.67. The number of H-pyrrole nitrogens is 1. The van der Waals surface area contributed by atoms with Crippen LogP contribution >= 0.6 is 0 Å². The molecule has 0 saturated carbocycles. The molecule has 2 aromatic carbocycles. The van der Waals surface area contributed by atoms with E-state index >= 15 is 0 Å². The number of hydrogen-bond acceptors (Lipinski definition) is 4. The molecule has 0 radical (unpaired) electrons. The number of aromatic nitrogens is 4. The first-order valence-electron chi connectivity index (χ1n) is 9.09. The summed E-state index contributed by atoms with van der Waals surface area (Å²) in [6, 6.07) is 16.8. The van der Waals surface area contributed by atoms with Crippen molar-refractivity contribution < 1.29 is 9.18 Å². The zero-order chi connectivity index (χ0) is 20.4. The largest absolute Gasteiger partial charge is 0.349 e. The third kappa shape index (κ3) is 3.91. The lowest BCUT2D eigenvalue weighted by molar-refractivity contribution is -0.121. The number of fused-ring (bicyclic) bond motifs is 1. The molecule has 1 atom stereocenters.